The number of fused-ring (bicyclic) bond motifs is 2. The van der Waals surface area contributed by atoms with E-state index in [1.54, 1.807) is 11.1 Å². The van der Waals surface area contributed by atoms with Crippen LogP contribution in [0.2, 0.25) is 0 Å². The molecule has 4 nitrogen and oxygen atoms in total. The van der Waals surface area contributed by atoms with Crippen LogP contribution in [0.3, 0.4) is 0 Å². The first kappa shape index (κ1) is 26.0. The largest absolute Gasteiger partial charge is 0.335 e. The van der Waals surface area contributed by atoms with Gasteiger partial charge in [-0.25, -0.2) is 9.36 Å². The van der Waals surface area contributed by atoms with Gasteiger partial charge >= 0.3 is 5.69 Å². The first-order valence-corrected chi connectivity index (χ1v) is 12.8. The van der Waals surface area contributed by atoms with Gasteiger partial charge in [0, 0.05) is 13.5 Å². The summed E-state index contributed by atoms with van der Waals surface area (Å²) >= 11 is 0. The zero-order chi connectivity index (χ0) is 23.2. The van der Waals surface area contributed by atoms with Crippen molar-refractivity contribution in [2.45, 2.75) is 97.9 Å². The van der Waals surface area contributed by atoms with E-state index in [-0.39, 0.29) is 19.0 Å². The molecule has 0 N–H and O–H groups in total. The Morgan fingerprint density at radius 2 is 1.47 bits per heavy atom. The topological polar surface area (TPSA) is 44.0 Å². The van der Waals surface area contributed by atoms with Crippen LogP contribution in [0.5, 0.6) is 0 Å². The minimum atomic E-state index is -0.211. The molecule has 1 heterocycles. The van der Waals surface area contributed by atoms with Gasteiger partial charge in [0.15, 0.2) is 0 Å². The molecule has 0 spiro atoms. The number of nitrogens with zero attached hydrogens (tertiary/aromatic N) is 2. The normalized spacial score (nSPS) is 18.6. The van der Waals surface area contributed by atoms with E-state index in [9.17, 15) is 9.59 Å². The fourth-order valence-electron chi connectivity index (χ4n) is 5.67. The average Bonchev–Trinajstić information content (AvgIpc) is 3.08. The lowest BCUT2D eigenvalue weighted by Crippen LogP contribution is -2.29. The van der Waals surface area contributed by atoms with Gasteiger partial charge in [-0.1, -0.05) is 82.9 Å². The van der Waals surface area contributed by atoms with Gasteiger partial charge in [-0.2, -0.15) is 0 Å². The molecule has 2 aromatic carbocycles. The molecule has 0 amide bonds. The molecule has 2 aliphatic rings. The minimum Gasteiger partial charge on any atom is -0.291 e. The SMILES string of the molecule is C.CC(=O)n1c(=O)n(CC2CCCCCCC2)c2ccccc21.C[C@H]1CCCc2ccccc21. The van der Waals surface area contributed by atoms with Crippen molar-refractivity contribution in [2.24, 2.45) is 5.92 Å². The molecule has 1 atom stereocenters. The molecule has 1 fully saturated rings. The number of hydrogen-bond donors (Lipinski definition) is 0. The second kappa shape index (κ2) is 12.2. The number of carbonyl (C=O) groups excluding carboxylic acids is 1. The summed E-state index contributed by atoms with van der Waals surface area (Å²) in [5, 5.41) is 0. The maximum atomic E-state index is 12.7. The number of aromatic nitrogens is 2. The van der Waals surface area contributed by atoms with E-state index >= 15 is 0 Å². The van der Waals surface area contributed by atoms with Gasteiger partial charge in [0.05, 0.1) is 11.0 Å². The lowest BCUT2D eigenvalue weighted by atomic mass is 9.84. The predicted molar refractivity (Wildman–Crippen MR) is 143 cm³/mol. The minimum absolute atomic E-state index is 0. The van der Waals surface area contributed by atoms with E-state index in [1.807, 2.05) is 28.8 Å². The number of para-hydroxylation sites is 2. The molecule has 0 bridgehead atoms. The highest BCUT2D eigenvalue weighted by Gasteiger charge is 2.19. The summed E-state index contributed by atoms with van der Waals surface area (Å²) in [7, 11) is 0. The van der Waals surface area contributed by atoms with E-state index in [0.29, 0.717) is 5.92 Å². The highest BCUT2D eigenvalue weighted by Crippen LogP contribution is 2.30. The second-order valence-corrected chi connectivity index (χ2v) is 9.94. The van der Waals surface area contributed by atoms with Gasteiger partial charge < -0.3 is 0 Å². The monoisotopic (exact) mass is 462 g/mol. The van der Waals surface area contributed by atoms with Crippen LogP contribution in [0.15, 0.2) is 53.3 Å². The molecule has 34 heavy (non-hydrogen) atoms. The summed E-state index contributed by atoms with van der Waals surface area (Å²) in [4.78, 5) is 24.5. The lowest BCUT2D eigenvalue weighted by molar-refractivity contribution is 0.0936. The van der Waals surface area contributed by atoms with Crippen LogP contribution in [0.25, 0.3) is 11.0 Å². The number of aryl methyl sites for hydroxylation is 1. The summed E-state index contributed by atoms with van der Waals surface area (Å²) in [6.45, 7) is 4.52. The number of imidazole rings is 1. The standard InChI is InChI=1S/C18H24N2O2.C11H14.CH4/c1-14(21)20-17-12-8-7-11-16(17)19(18(20)22)13-15-9-5-3-2-4-6-10-15;1-9-5-4-7-10-6-2-3-8-11(9)10;/h7-8,11-12,15H,2-6,9-10,13H2,1H3;2-3,6,8-9H,4-5,7H2,1H3;1H4/t;9-;/m.0./s1. The number of benzene rings is 2. The molecule has 3 aromatic rings. The maximum Gasteiger partial charge on any atom is 0.335 e. The lowest BCUT2D eigenvalue weighted by Gasteiger charge is -2.21. The Kier molecular flexibility index (Phi) is 9.32. The molecule has 5 rings (SSSR count). The maximum absolute atomic E-state index is 12.7. The Hall–Kier alpha value is -2.62. The van der Waals surface area contributed by atoms with Crippen molar-refractivity contribution in [3.8, 4) is 0 Å². The third kappa shape index (κ3) is 5.89. The summed E-state index contributed by atoms with van der Waals surface area (Å²) in [6.07, 6.45) is 12.9. The van der Waals surface area contributed by atoms with Crippen molar-refractivity contribution in [3.63, 3.8) is 0 Å². The molecule has 0 aliphatic heterocycles. The average molecular weight is 463 g/mol. The Morgan fingerprint density at radius 3 is 2.15 bits per heavy atom. The van der Waals surface area contributed by atoms with Crippen LogP contribution in [0.1, 0.15) is 101 Å². The van der Waals surface area contributed by atoms with Crippen LogP contribution < -0.4 is 5.69 Å². The number of hydrogen-bond acceptors (Lipinski definition) is 2. The molecule has 4 heteroatoms. The molecule has 184 valence electrons. The van der Waals surface area contributed by atoms with Crippen molar-refractivity contribution in [3.05, 3.63) is 70.1 Å². The Labute approximate surface area is 205 Å². The van der Waals surface area contributed by atoms with Crippen molar-refractivity contribution in [1.82, 2.24) is 9.13 Å². The zero-order valence-electron chi connectivity index (χ0n) is 20.3. The van der Waals surface area contributed by atoms with E-state index in [4.69, 9.17) is 0 Å². The summed E-state index contributed by atoms with van der Waals surface area (Å²) < 4.78 is 3.11. The van der Waals surface area contributed by atoms with E-state index in [1.165, 1.54) is 75.7 Å². The molecule has 1 aromatic heterocycles. The zero-order valence-corrected chi connectivity index (χ0v) is 20.3. The number of carbonyl (C=O) groups is 1. The molecule has 2 aliphatic carbocycles. The highest BCUT2D eigenvalue weighted by atomic mass is 16.2. The van der Waals surface area contributed by atoms with Gasteiger partial charge in [0.25, 0.3) is 0 Å². The van der Waals surface area contributed by atoms with Crippen LogP contribution in [-0.4, -0.2) is 15.0 Å². The Morgan fingerprint density at radius 1 is 0.853 bits per heavy atom. The van der Waals surface area contributed by atoms with Crippen molar-refractivity contribution in [2.75, 3.05) is 0 Å². The molecule has 0 saturated heterocycles. The van der Waals surface area contributed by atoms with Crippen molar-refractivity contribution < 1.29 is 4.79 Å². The van der Waals surface area contributed by atoms with Crippen molar-refractivity contribution in [1.29, 1.82) is 0 Å². The molecule has 1 saturated carbocycles. The molecule has 0 radical (unpaired) electrons. The summed E-state index contributed by atoms with van der Waals surface area (Å²) in [6, 6.07) is 16.5. The van der Waals surface area contributed by atoms with E-state index in [0.717, 1.165) is 23.5 Å². The fourth-order valence-corrected chi connectivity index (χ4v) is 5.67. The first-order valence-electron chi connectivity index (χ1n) is 12.8. The van der Waals surface area contributed by atoms with E-state index < -0.39 is 0 Å². The van der Waals surface area contributed by atoms with Crippen molar-refractivity contribution >= 4 is 16.9 Å². The smallest absolute Gasteiger partial charge is 0.291 e. The Bertz CT molecular complexity index is 1130. The second-order valence-electron chi connectivity index (χ2n) is 9.94. The third-order valence-electron chi connectivity index (χ3n) is 7.49. The highest BCUT2D eigenvalue weighted by molar-refractivity contribution is 5.89. The quantitative estimate of drug-likeness (QED) is 0.394. The molecular formula is C30H42N2O2. The summed E-state index contributed by atoms with van der Waals surface area (Å²) in [5.74, 6) is 1.13. The van der Waals surface area contributed by atoms with Crippen LogP contribution in [0.4, 0.5) is 0 Å². The van der Waals surface area contributed by atoms with Gasteiger partial charge in [-0.05, 0) is 67.2 Å². The first-order chi connectivity index (χ1) is 16.1. The van der Waals surface area contributed by atoms with E-state index in [2.05, 4.69) is 31.2 Å². The molecular weight excluding hydrogens is 420 g/mol. The van der Waals surface area contributed by atoms with Gasteiger partial charge in [-0.3, -0.25) is 9.36 Å². The van der Waals surface area contributed by atoms with Crippen LogP contribution >= 0.6 is 0 Å². The van der Waals surface area contributed by atoms with Gasteiger partial charge in [0.1, 0.15) is 0 Å². The van der Waals surface area contributed by atoms with Gasteiger partial charge in [-0.15, -0.1) is 0 Å². The molecule has 0 unspecified atom stereocenters. The summed E-state index contributed by atoms with van der Waals surface area (Å²) in [5.41, 5.74) is 4.58. The Balaban J connectivity index is 0.000000227. The van der Waals surface area contributed by atoms with Gasteiger partial charge in [0.2, 0.25) is 5.91 Å². The predicted octanol–water partition coefficient (Wildman–Crippen LogP) is 7.59. The van der Waals surface area contributed by atoms with Crippen LogP contribution in [-0.2, 0) is 13.0 Å². The van der Waals surface area contributed by atoms with Crippen LogP contribution in [0, 0.1) is 5.92 Å². The third-order valence-corrected chi connectivity index (χ3v) is 7.49. The fraction of sp³-hybridized carbons (Fsp3) is 0.533. The number of rotatable bonds is 2.